The molecule has 2 rings (SSSR count). The Kier molecular flexibility index (Phi) is 5.85. The molecule has 7 heteroatoms. The average molecular weight is 443 g/mol. The molecule has 1 heterocycles. The molecule has 0 aromatic heterocycles. The van der Waals surface area contributed by atoms with Gasteiger partial charge in [-0.25, -0.2) is 8.42 Å². The van der Waals surface area contributed by atoms with E-state index in [2.05, 4.69) is 36.8 Å². The molecule has 1 aliphatic heterocycles. The summed E-state index contributed by atoms with van der Waals surface area (Å²) in [5.74, 6) is 1.79. The number of nitrogens with zero attached hydrogens (tertiary/aromatic N) is 1. The van der Waals surface area contributed by atoms with Crippen molar-refractivity contribution in [3.8, 4) is 0 Å². The second kappa shape index (κ2) is 7.03. The molecule has 1 aromatic carbocycles. The summed E-state index contributed by atoms with van der Waals surface area (Å²) in [7, 11) is -3.08. The van der Waals surface area contributed by atoms with E-state index in [0.717, 1.165) is 33.4 Å². The summed E-state index contributed by atoms with van der Waals surface area (Å²) >= 11 is 8.69. The summed E-state index contributed by atoms with van der Waals surface area (Å²) in [6, 6.07) is 6.04. The Balaban J connectivity index is 2.45. The molecular weight excluding hydrogens is 426 g/mol. The van der Waals surface area contributed by atoms with E-state index < -0.39 is 15.2 Å². The largest absolute Gasteiger partial charge is 0.353 e. The molecule has 0 amide bonds. The SMILES string of the molecule is CCS(=O)(=O)C1CSCCN1c1cc(Br)ccc1CBr. The first-order chi connectivity index (χ1) is 9.49. The summed E-state index contributed by atoms with van der Waals surface area (Å²) in [4.78, 5) is 2.05. The van der Waals surface area contributed by atoms with Crippen molar-refractivity contribution in [1.29, 1.82) is 0 Å². The van der Waals surface area contributed by atoms with Crippen LogP contribution in [0.3, 0.4) is 0 Å². The minimum Gasteiger partial charge on any atom is -0.353 e. The predicted molar refractivity (Wildman–Crippen MR) is 94.7 cm³/mol. The van der Waals surface area contributed by atoms with E-state index in [0.29, 0.717) is 5.75 Å². The minimum atomic E-state index is -3.08. The standard InChI is InChI=1S/C13H17Br2NO2S2/c1-2-20(17,18)13-9-19-6-5-16(13)12-7-11(15)4-3-10(12)8-14/h3-4,7,13H,2,5-6,8-9H2,1H3. The lowest BCUT2D eigenvalue weighted by Crippen LogP contribution is -2.48. The summed E-state index contributed by atoms with van der Waals surface area (Å²) < 4.78 is 25.7. The van der Waals surface area contributed by atoms with Gasteiger partial charge in [-0.2, -0.15) is 11.8 Å². The minimum absolute atomic E-state index is 0.187. The van der Waals surface area contributed by atoms with Gasteiger partial charge in [-0.05, 0) is 17.7 Å². The van der Waals surface area contributed by atoms with E-state index in [4.69, 9.17) is 0 Å². The lowest BCUT2D eigenvalue weighted by molar-refractivity contribution is 0.579. The van der Waals surface area contributed by atoms with E-state index in [-0.39, 0.29) is 5.75 Å². The van der Waals surface area contributed by atoms with Crippen LogP contribution in [0.2, 0.25) is 0 Å². The van der Waals surface area contributed by atoms with Gasteiger partial charge in [0.1, 0.15) is 5.37 Å². The third-order valence-corrected chi connectivity index (χ3v) is 7.79. The van der Waals surface area contributed by atoms with Crippen molar-refractivity contribution in [3.05, 3.63) is 28.2 Å². The molecule has 1 aliphatic rings. The van der Waals surface area contributed by atoms with Crippen LogP contribution in [0.15, 0.2) is 22.7 Å². The van der Waals surface area contributed by atoms with Gasteiger partial charge in [-0.1, -0.05) is 44.8 Å². The highest BCUT2D eigenvalue weighted by atomic mass is 79.9. The summed E-state index contributed by atoms with van der Waals surface area (Å²) in [6.45, 7) is 2.49. The first-order valence-electron chi connectivity index (χ1n) is 6.40. The number of thioether (sulfide) groups is 1. The van der Waals surface area contributed by atoms with Crippen LogP contribution in [0.1, 0.15) is 12.5 Å². The predicted octanol–water partition coefficient (Wildman–Crippen LogP) is 3.66. The van der Waals surface area contributed by atoms with Gasteiger partial charge in [0.2, 0.25) is 0 Å². The Bertz CT molecular complexity index is 578. The van der Waals surface area contributed by atoms with Crippen LogP contribution in [0.5, 0.6) is 0 Å². The number of hydrogen-bond donors (Lipinski definition) is 0. The second-order valence-electron chi connectivity index (χ2n) is 4.58. The van der Waals surface area contributed by atoms with Gasteiger partial charge >= 0.3 is 0 Å². The van der Waals surface area contributed by atoms with E-state index in [9.17, 15) is 8.42 Å². The zero-order valence-corrected chi connectivity index (χ0v) is 16.0. The summed E-state index contributed by atoms with van der Waals surface area (Å²) in [6.07, 6.45) is 0. The lowest BCUT2D eigenvalue weighted by atomic mass is 10.2. The maximum absolute atomic E-state index is 12.3. The molecule has 1 aromatic rings. The highest BCUT2D eigenvalue weighted by Crippen LogP contribution is 2.33. The highest BCUT2D eigenvalue weighted by Gasteiger charge is 2.33. The third kappa shape index (κ3) is 3.54. The van der Waals surface area contributed by atoms with Crippen molar-refractivity contribution in [2.45, 2.75) is 17.6 Å². The van der Waals surface area contributed by atoms with Crippen LogP contribution in [0.25, 0.3) is 0 Å². The molecule has 0 saturated carbocycles. The van der Waals surface area contributed by atoms with Gasteiger partial charge in [0.15, 0.2) is 9.84 Å². The van der Waals surface area contributed by atoms with Crippen LogP contribution in [0, 0.1) is 0 Å². The van der Waals surface area contributed by atoms with Crippen molar-refractivity contribution >= 4 is 59.1 Å². The Morgan fingerprint density at radius 3 is 2.85 bits per heavy atom. The van der Waals surface area contributed by atoms with E-state index in [1.54, 1.807) is 18.7 Å². The molecule has 1 saturated heterocycles. The van der Waals surface area contributed by atoms with Crippen molar-refractivity contribution < 1.29 is 8.42 Å². The van der Waals surface area contributed by atoms with Crippen LogP contribution < -0.4 is 4.90 Å². The molecule has 0 radical (unpaired) electrons. The Morgan fingerprint density at radius 1 is 1.45 bits per heavy atom. The molecular formula is C13H17Br2NO2S2. The Labute approximate surface area is 141 Å². The number of benzene rings is 1. The number of alkyl halides is 1. The van der Waals surface area contributed by atoms with Gasteiger partial charge in [-0.3, -0.25) is 0 Å². The quantitative estimate of drug-likeness (QED) is 0.666. The third-order valence-electron chi connectivity index (χ3n) is 3.40. The average Bonchev–Trinajstić information content (AvgIpc) is 2.47. The fourth-order valence-electron chi connectivity index (χ4n) is 2.26. The second-order valence-corrected chi connectivity index (χ2v) is 9.65. The van der Waals surface area contributed by atoms with Crippen molar-refractivity contribution in [2.24, 2.45) is 0 Å². The van der Waals surface area contributed by atoms with Gasteiger partial charge < -0.3 is 4.90 Å². The smallest absolute Gasteiger partial charge is 0.171 e. The molecule has 20 heavy (non-hydrogen) atoms. The topological polar surface area (TPSA) is 37.4 Å². The maximum atomic E-state index is 12.3. The normalized spacial score (nSPS) is 20.1. The van der Waals surface area contributed by atoms with Crippen molar-refractivity contribution in [2.75, 3.05) is 28.7 Å². The first-order valence-corrected chi connectivity index (χ1v) is 11.2. The summed E-state index contributed by atoms with van der Waals surface area (Å²) in [5.41, 5.74) is 2.13. The van der Waals surface area contributed by atoms with Crippen molar-refractivity contribution in [3.63, 3.8) is 0 Å². The van der Waals surface area contributed by atoms with Gasteiger partial charge in [-0.15, -0.1) is 0 Å². The molecule has 1 fully saturated rings. The van der Waals surface area contributed by atoms with E-state index >= 15 is 0 Å². The maximum Gasteiger partial charge on any atom is 0.171 e. The molecule has 0 aliphatic carbocycles. The van der Waals surface area contributed by atoms with Gasteiger partial charge in [0, 0.05) is 39.3 Å². The number of hydrogen-bond acceptors (Lipinski definition) is 4. The number of halogens is 2. The molecule has 1 atom stereocenters. The van der Waals surface area contributed by atoms with Crippen LogP contribution >= 0.6 is 43.6 Å². The van der Waals surface area contributed by atoms with E-state index in [1.807, 2.05) is 18.2 Å². The molecule has 0 spiro atoms. The van der Waals surface area contributed by atoms with Crippen LogP contribution in [-0.4, -0.2) is 37.6 Å². The van der Waals surface area contributed by atoms with Gasteiger partial charge in [0.25, 0.3) is 0 Å². The van der Waals surface area contributed by atoms with Gasteiger partial charge in [0.05, 0.1) is 0 Å². The number of anilines is 1. The zero-order chi connectivity index (χ0) is 14.8. The van der Waals surface area contributed by atoms with E-state index in [1.165, 1.54) is 0 Å². The van der Waals surface area contributed by atoms with Crippen LogP contribution in [-0.2, 0) is 15.2 Å². The highest BCUT2D eigenvalue weighted by molar-refractivity contribution is 9.10. The monoisotopic (exact) mass is 441 g/mol. The molecule has 0 bridgehead atoms. The molecule has 0 N–H and O–H groups in total. The van der Waals surface area contributed by atoms with Crippen LogP contribution in [0.4, 0.5) is 5.69 Å². The Morgan fingerprint density at radius 2 is 2.20 bits per heavy atom. The van der Waals surface area contributed by atoms with Crippen molar-refractivity contribution in [1.82, 2.24) is 0 Å². The number of sulfone groups is 1. The fraction of sp³-hybridized carbons (Fsp3) is 0.538. The summed E-state index contributed by atoms with van der Waals surface area (Å²) in [5, 5.41) is 0.302. The zero-order valence-electron chi connectivity index (χ0n) is 11.2. The molecule has 112 valence electrons. The lowest BCUT2D eigenvalue weighted by Gasteiger charge is -2.37. The fourth-order valence-corrected chi connectivity index (χ4v) is 6.07. The molecule has 1 unspecified atom stereocenters. The Hall–Kier alpha value is 0.280. The number of rotatable bonds is 4. The first kappa shape index (κ1) is 16.6. The molecule has 3 nitrogen and oxygen atoms in total.